The summed E-state index contributed by atoms with van der Waals surface area (Å²) < 4.78 is 7.03. The maximum absolute atomic E-state index is 5.56. The van der Waals surface area contributed by atoms with Gasteiger partial charge in [-0.2, -0.15) is 5.10 Å². The number of nitrogen functional groups attached to an aromatic ring is 1. The Morgan fingerprint density at radius 3 is 2.88 bits per heavy atom. The highest BCUT2D eigenvalue weighted by Gasteiger charge is 2.11. The zero-order chi connectivity index (χ0) is 12.0. The van der Waals surface area contributed by atoms with Crippen LogP contribution in [0.3, 0.4) is 0 Å². The second kappa shape index (κ2) is 6.50. The number of aromatic nitrogens is 2. The standard InChI is InChI=1S/C11H22N4O/c1-4-14(10(2)9-16-3)7-8-15-6-5-11(12)13-15/h5-6,10H,4,7-9H2,1-3H3,(H2,12,13). The summed E-state index contributed by atoms with van der Waals surface area (Å²) in [5.74, 6) is 0.577. The topological polar surface area (TPSA) is 56.3 Å². The number of nitrogens with zero attached hydrogens (tertiary/aromatic N) is 3. The summed E-state index contributed by atoms with van der Waals surface area (Å²) in [7, 11) is 1.73. The number of hydrogen-bond donors (Lipinski definition) is 1. The van der Waals surface area contributed by atoms with Crippen LogP contribution >= 0.6 is 0 Å². The van der Waals surface area contributed by atoms with Crippen LogP contribution in [0.2, 0.25) is 0 Å². The molecular formula is C11H22N4O. The summed E-state index contributed by atoms with van der Waals surface area (Å²) in [5, 5.41) is 4.16. The Hall–Kier alpha value is -1.07. The van der Waals surface area contributed by atoms with E-state index in [2.05, 4.69) is 23.8 Å². The minimum absolute atomic E-state index is 0.433. The lowest BCUT2D eigenvalue weighted by molar-refractivity contribution is 0.0995. The van der Waals surface area contributed by atoms with Crippen LogP contribution in [0.5, 0.6) is 0 Å². The van der Waals surface area contributed by atoms with E-state index in [-0.39, 0.29) is 0 Å². The summed E-state index contributed by atoms with van der Waals surface area (Å²) in [6, 6.07) is 2.25. The molecule has 1 atom stereocenters. The van der Waals surface area contributed by atoms with Crippen molar-refractivity contribution in [2.24, 2.45) is 0 Å². The minimum atomic E-state index is 0.433. The minimum Gasteiger partial charge on any atom is -0.383 e. The van der Waals surface area contributed by atoms with Crippen molar-refractivity contribution in [1.29, 1.82) is 0 Å². The Bertz CT molecular complexity index is 300. The first-order chi connectivity index (χ1) is 7.67. The molecule has 0 bridgehead atoms. The maximum Gasteiger partial charge on any atom is 0.145 e. The van der Waals surface area contributed by atoms with Crippen LogP contribution in [0.1, 0.15) is 13.8 Å². The molecule has 1 aromatic rings. The van der Waals surface area contributed by atoms with Gasteiger partial charge in [0.1, 0.15) is 5.82 Å². The molecule has 0 aliphatic carbocycles. The van der Waals surface area contributed by atoms with Crippen LogP contribution in [0.15, 0.2) is 12.3 Å². The summed E-state index contributed by atoms with van der Waals surface area (Å²) in [5.41, 5.74) is 5.56. The molecule has 0 amide bonds. The van der Waals surface area contributed by atoms with Crippen molar-refractivity contribution in [3.05, 3.63) is 12.3 Å². The predicted molar refractivity (Wildman–Crippen MR) is 65.2 cm³/mol. The first kappa shape index (κ1) is 13.0. The van der Waals surface area contributed by atoms with Gasteiger partial charge in [0.05, 0.1) is 13.2 Å². The zero-order valence-corrected chi connectivity index (χ0v) is 10.4. The first-order valence-electron chi connectivity index (χ1n) is 5.69. The molecule has 0 saturated heterocycles. The van der Waals surface area contributed by atoms with E-state index in [0.29, 0.717) is 11.9 Å². The van der Waals surface area contributed by atoms with Crippen molar-refractivity contribution in [1.82, 2.24) is 14.7 Å². The van der Waals surface area contributed by atoms with Crippen molar-refractivity contribution < 1.29 is 4.74 Å². The van der Waals surface area contributed by atoms with Crippen molar-refractivity contribution in [2.45, 2.75) is 26.4 Å². The molecule has 5 nitrogen and oxygen atoms in total. The molecule has 0 spiro atoms. The number of nitrogens with two attached hydrogens (primary N) is 1. The maximum atomic E-state index is 5.56. The molecule has 5 heteroatoms. The normalized spacial score (nSPS) is 13.2. The number of likely N-dealkylation sites (N-methyl/N-ethyl adjacent to an activating group) is 1. The van der Waals surface area contributed by atoms with Crippen LogP contribution < -0.4 is 5.73 Å². The molecule has 1 rings (SSSR count). The second-order valence-corrected chi connectivity index (χ2v) is 3.94. The van der Waals surface area contributed by atoms with Crippen molar-refractivity contribution >= 4 is 5.82 Å². The zero-order valence-electron chi connectivity index (χ0n) is 10.4. The number of hydrogen-bond acceptors (Lipinski definition) is 4. The number of rotatable bonds is 7. The fourth-order valence-corrected chi connectivity index (χ4v) is 1.77. The summed E-state index contributed by atoms with van der Waals surface area (Å²) in [4.78, 5) is 2.36. The highest BCUT2D eigenvalue weighted by atomic mass is 16.5. The van der Waals surface area contributed by atoms with Gasteiger partial charge in [0, 0.05) is 25.9 Å². The van der Waals surface area contributed by atoms with Gasteiger partial charge in [-0.3, -0.25) is 9.58 Å². The molecule has 0 aromatic carbocycles. The van der Waals surface area contributed by atoms with E-state index in [1.807, 2.05) is 16.9 Å². The molecule has 0 aliphatic rings. The lowest BCUT2D eigenvalue weighted by atomic mass is 10.3. The molecule has 0 fully saturated rings. The van der Waals surface area contributed by atoms with Crippen molar-refractivity contribution in [3.63, 3.8) is 0 Å². The molecular weight excluding hydrogens is 204 g/mol. The van der Waals surface area contributed by atoms with Crippen LogP contribution in [-0.4, -0.2) is 47.5 Å². The summed E-state index contributed by atoms with van der Waals surface area (Å²) >= 11 is 0. The molecule has 1 unspecified atom stereocenters. The Balaban J connectivity index is 2.39. The molecule has 0 aliphatic heterocycles. The highest BCUT2D eigenvalue weighted by molar-refractivity contribution is 5.23. The van der Waals surface area contributed by atoms with Gasteiger partial charge in [-0.15, -0.1) is 0 Å². The summed E-state index contributed by atoms with van der Waals surface area (Å²) in [6.45, 7) is 7.92. The third-order valence-electron chi connectivity index (χ3n) is 2.71. The lowest BCUT2D eigenvalue weighted by Gasteiger charge is -2.27. The molecule has 16 heavy (non-hydrogen) atoms. The van der Waals surface area contributed by atoms with Gasteiger partial charge in [-0.1, -0.05) is 6.92 Å². The fourth-order valence-electron chi connectivity index (χ4n) is 1.77. The van der Waals surface area contributed by atoms with E-state index in [9.17, 15) is 0 Å². The van der Waals surface area contributed by atoms with Gasteiger partial charge in [-0.25, -0.2) is 0 Å². The molecule has 0 radical (unpaired) electrons. The van der Waals surface area contributed by atoms with E-state index >= 15 is 0 Å². The van der Waals surface area contributed by atoms with Gasteiger partial charge >= 0.3 is 0 Å². The number of ether oxygens (including phenoxy) is 1. The molecule has 1 aromatic heterocycles. The van der Waals surface area contributed by atoms with Gasteiger partial charge < -0.3 is 10.5 Å². The van der Waals surface area contributed by atoms with Gasteiger partial charge in [0.25, 0.3) is 0 Å². The number of anilines is 1. The Kier molecular flexibility index (Phi) is 5.28. The van der Waals surface area contributed by atoms with Gasteiger partial charge in [-0.05, 0) is 19.5 Å². The smallest absolute Gasteiger partial charge is 0.145 e. The Labute approximate surface area is 97.2 Å². The third kappa shape index (κ3) is 3.83. The molecule has 2 N–H and O–H groups in total. The first-order valence-corrected chi connectivity index (χ1v) is 5.69. The SMILES string of the molecule is CCN(CCn1ccc(N)n1)C(C)COC. The van der Waals surface area contributed by atoms with Crippen LogP contribution in [0.4, 0.5) is 5.82 Å². The van der Waals surface area contributed by atoms with Crippen LogP contribution in [-0.2, 0) is 11.3 Å². The van der Waals surface area contributed by atoms with Crippen molar-refractivity contribution in [3.8, 4) is 0 Å². The Morgan fingerprint density at radius 2 is 2.38 bits per heavy atom. The molecule has 92 valence electrons. The number of methoxy groups -OCH3 is 1. The highest BCUT2D eigenvalue weighted by Crippen LogP contribution is 2.01. The van der Waals surface area contributed by atoms with E-state index in [1.165, 1.54) is 0 Å². The average Bonchev–Trinajstić information content (AvgIpc) is 2.65. The monoisotopic (exact) mass is 226 g/mol. The molecule has 0 saturated carbocycles. The lowest BCUT2D eigenvalue weighted by Crippen LogP contribution is -2.38. The van der Waals surface area contributed by atoms with Gasteiger partial charge in [0.2, 0.25) is 0 Å². The predicted octanol–water partition coefficient (Wildman–Crippen LogP) is 0.822. The van der Waals surface area contributed by atoms with E-state index in [0.717, 1.165) is 26.2 Å². The van der Waals surface area contributed by atoms with Gasteiger partial charge in [0.15, 0.2) is 0 Å². The van der Waals surface area contributed by atoms with E-state index in [4.69, 9.17) is 10.5 Å². The van der Waals surface area contributed by atoms with E-state index < -0.39 is 0 Å². The largest absolute Gasteiger partial charge is 0.383 e. The molecule has 1 heterocycles. The fraction of sp³-hybridized carbons (Fsp3) is 0.727. The average molecular weight is 226 g/mol. The van der Waals surface area contributed by atoms with Crippen LogP contribution in [0, 0.1) is 0 Å². The third-order valence-corrected chi connectivity index (χ3v) is 2.71. The summed E-state index contributed by atoms with van der Waals surface area (Å²) in [6.07, 6.45) is 1.91. The second-order valence-electron chi connectivity index (χ2n) is 3.94. The van der Waals surface area contributed by atoms with Crippen molar-refractivity contribution in [2.75, 3.05) is 32.5 Å². The quantitative estimate of drug-likeness (QED) is 0.748. The van der Waals surface area contributed by atoms with E-state index in [1.54, 1.807) is 7.11 Å². The Morgan fingerprint density at radius 1 is 1.62 bits per heavy atom. The van der Waals surface area contributed by atoms with Crippen LogP contribution in [0.25, 0.3) is 0 Å².